The predicted molar refractivity (Wildman–Crippen MR) is 96.6 cm³/mol. The van der Waals surface area contributed by atoms with Gasteiger partial charge in [0.2, 0.25) is 0 Å². The Morgan fingerprint density at radius 3 is 1.75 bits per heavy atom. The second-order valence-electron chi connectivity index (χ2n) is 5.76. The van der Waals surface area contributed by atoms with Crippen LogP contribution in [0.4, 0.5) is 0 Å². The lowest BCUT2D eigenvalue weighted by Gasteiger charge is -2.04. The lowest BCUT2D eigenvalue weighted by atomic mass is 10.0. The summed E-state index contributed by atoms with van der Waals surface area (Å²) in [7, 11) is 1.39. The van der Waals surface area contributed by atoms with Gasteiger partial charge < -0.3 is 4.74 Å². The second-order valence-corrected chi connectivity index (χ2v) is 5.76. The van der Waals surface area contributed by atoms with Crippen LogP contribution >= 0.6 is 0 Å². The number of benzene rings is 3. The molecule has 0 saturated heterocycles. The minimum atomic E-state index is -0.314. The van der Waals surface area contributed by atoms with Crippen molar-refractivity contribution in [2.24, 2.45) is 0 Å². The fourth-order valence-corrected chi connectivity index (χ4v) is 3.21. The van der Waals surface area contributed by atoms with Gasteiger partial charge in [0.1, 0.15) is 0 Å². The highest BCUT2D eigenvalue weighted by Gasteiger charge is 2.22. The topological polar surface area (TPSA) is 26.3 Å². The van der Waals surface area contributed by atoms with Crippen molar-refractivity contribution in [2.75, 3.05) is 7.11 Å². The summed E-state index contributed by atoms with van der Waals surface area (Å²) < 4.78 is 4.75. The molecule has 2 heteroatoms. The van der Waals surface area contributed by atoms with E-state index in [1.165, 1.54) is 34.9 Å². The Kier molecular flexibility index (Phi) is 3.51. The lowest BCUT2D eigenvalue weighted by molar-refractivity contribution is 0.0600. The molecule has 2 nitrogen and oxygen atoms in total. The zero-order valence-electron chi connectivity index (χ0n) is 13.3. The van der Waals surface area contributed by atoms with E-state index in [0.29, 0.717) is 5.56 Å². The molecule has 0 fully saturated rings. The first-order valence-corrected chi connectivity index (χ1v) is 7.87. The molecular weight excluding hydrogens is 296 g/mol. The molecule has 0 radical (unpaired) electrons. The summed E-state index contributed by atoms with van der Waals surface area (Å²) in [5.41, 5.74) is 7.87. The smallest absolute Gasteiger partial charge is 0.337 e. The van der Waals surface area contributed by atoms with Crippen molar-refractivity contribution in [3.63, 3.8) is 0 Å². The highest BCUT2D eigenvalue weighted by molar-refractivity contribution is 6.06. The SMILES string of the molecule is COC(=O)c1ccc(C=C2c3ccccc3-c3ccccc32)cc1. The summed E-state index contributed by atoms with van der Waals surface area (Å²) in [6, 6.07) is 24.4. The molecule has 0 bridgehead atoms. The van der Waals surface area contributed by atoms with Gasteiger partial charge in [0.25, 0.3) is 0 Å². The number of carbonyl (C=O) groups is 1. The van der Waals surface area contributed by atoms with Gasteiger partial charge in [-0.3, -0.25) is 0 Å². The van der Waals surface area contributed by atoms with Crippen LogP contribution in [-0.4, -0.2) is 13.1 Å². The molecule has 1 aliphatic rings. The van der Waals surface area contributed by atoms with Gasteiger partial charge in [0.15, 0.2) is 0 Å². The number of carbonyl (C=O) groups excluding carboxylic acids is 1. The summed E-state index contributed by atoms with van der Waals surface area (Å²) in [4.78, 5) is 11.6. The van der Waals surface area contributed by atoms with E-state index in [9.17, 15) is 4.79 Å². The van der Waals surface area contributed by atoms with E-state index in [0.717, 1.165) is 5.56 Å². The molecule has 116 valence electrons. The third kappa shape index (κ3) is 2.33. The maximum absolute atomic E-state index is 11.6. The molecule has 4 rings (SSSR count). The van der Waals surface area contributed by atoms with E-state index in [1.807, 2.05) is 12.1 Å². The first-order chi connectivity index (χ1) is 11.8. The van der Waals surface area contributed by atoms with E-state index in [4.69, 9.17) is 4.74 Å². The Morgan fingerprint density at radius 1 is 0.750 bits per heavy atom. The Morgan fingerprint density at radius 2 is 1.25 bits per heavy atom. The Hall–Kier alpha value is -3.13. The molecule has 0 aromatic heterocycles. The van der Waals surface area contributed by atoms with E-state index < -0.39 is 0 Å². The predicted octanol–water partition coefficient (Wildman–Crippen LogP) is 5.04. The van der Waals surface area contributed by atoms with E-state index in [2.05, 4.69) is 54.6 Å². The minimum absolute atomic E-state index is 0.314. The van der Waals surface area contributed by atoms with Crippen molar-refractivity contribution in [1.29, 1.82) is 0 Å². The number of fused-ring (bicyclic) bond motifs is 3. The molecule has 3 aromatic rings. The van der Waals surface area contributed by atoms with Crippen LogP contribution in [0.5, 0.6) is 0 Å². The summed E-state index contributed by atoms with van der Waals surface area (Å²) >= 11 is 0. The van der Waals surface area contributed by atoms with Crippen LogP contribution in [0.15, 0.2) is 72.8 Å². The molecule has 0 aliphatic heterocycles. The third-order valence-corrected chi connectivity index (χ3v) is 4.37. The fraction of sp³-hybridized carbons (Fsp3) is 0.0455. The van der Waals surface area contributed by atoms with Crippen molar-refractivity contribution < 1.29 is 9.53 Å². The average Bonchev–Trinajstić information content (AvgIpc) is 2.96. The third-order valence-electron chi connectivity index (χ3n) is 4.37. The molecule has 0 spiro atoms. The molecule has 0 amide bonds. The van der Waals surface area contributed by atoms with Crippen LogP contribution in [-0.2, 0) is 4.74 Å². The minimum Gasteiger partial charge on any atom is -0.465 e. The zero-order valence-corrected chi connectivity index (χ0v) is 13.3. The number of hydrogen-bond acceptors (Lipinski definition) is 2. The molecular formula is C22H16O2. The van der Waals surface area contributed by atoms with Gasteiger partial charge in [0.05, 0.1) is 12.7 Å². The monoisotopic (exact) mass is 312 g/mol. The van der Waals surface area contributed by atoms with Gasteiger partial charge in [-0.2, -0.15) is 0 Å². The van der Waals surface area contributed by atoms with Gasteiger partial charge in [-0.25, -0.2) is 4.79 Å². The summed E-state index contributed by atoms with van der Waals surface area (Å²) in [6.45, 7) is 0. The van der Waals surface area contributed by atoms with Crippen LogP contribution in [0.25, 0.3) is 22.8 Å². The first-order valence-electron chi connectivity index (χ1n) is 7.87. The number of hydrogen-bond donors (Lipinski definition) is 0. The summed E-state index contributed by atoms with van der Waals surface area (Å²) in [5.74, 6) is -0.314. The number of ether oxygens (including phenoxy) is 1. The fourth-order valence-electron chi connectivity index (χ4n) is 3.21. The van der Waals surface area contributed by atoms with Crippen molar-refractivity contribution in [1.82, 2.24) is 0 Å². The van der Waals surface area contributed by atoms with Crippen LogP contribution < -0.4 is 0 Å². The van der Waals surface area contributed by atoms with Gasteiger partial charge in [0, 0.05) is 0 Å². The van der Waals surface area contributed by atoms with Crippen molar-refractivity contribution in [3.8, 4) is 11.1 Å². The summed E-state index contributed by atoms with van der Waals surface area (Å²) in [6.07, 6.45) is 2.17. The Bertz CT molecular complexity index is 902. The molecule has 0 N–H and O–H groups in total. The maximum Gasteiger partial charge on any atom is 0.337 e. The first kappa shape index (κ1) is 14.5. The van der Waals surface area contributed by atoms with E-state index in [1.54, 1.807) is 12.1 Å². The highest BCUT2D eigenvalue weighted by atomic mass is 16.5. The Labute approximate surface area is 141 Å². The Balaban J connectivity index is 1.81. The van der Waals surface area contributed by atoms with Gasteiger partial charge in [-0.05, 0) is 51.6 Å². The molecule has 0 atom stereocenters. The normalized spacial score (nSPS) is 11.6. The number of esters is 1. The van der Waals surface area contributed by atoms with Gasteiger partial charge in [-0.15, -0.1) is 0 Å². The molecule has 1 aliphatic carbocycles. The zero-order chi connectivity index (χ0) is 16.5. The highest BCUT2D eigenvalue weighted by Crippen LogP contribution is 2.44. The quantitative estimate of drug-likeness (QED) is 0.485. The summed E-state index contributed by atoms with van der Waals surface area (Å²) in [5, 5.41) is 0. The lowest BCUT2D eigenvalue weighted by Crippen LogP contribution is -2.00. The molecule has 0 unspecified atom stereocenters. The van der Waals surface area contributed by atoms with E-state index in [-0.39, 0.29) is 5.97 Å². The second kappa shape index (κ2) is 5.82. The number of methoxy groups -OCH3 is 1. The van der Waals surface area contributed by atoms with E-state index >= 15 is 0 Å². The standard InChI is InChI=1S/C22H16O2/c1-24-22(23)16-12-10-15(11-13-16)14-21-19-8-4-2-6-17(19)18-7-3-5-9-20(18)21/h2-14H,1H3. The van der Waals surface area contributed by atoms with Gasteiger partial charge in [-0.1, -0.05) is 60.7 Å². The molecule has 3 aromatic carbocycles. The van der Waals surface area contributed by atoms with Crippen molar-refractivity contribution in [2.45, 2.75) is 0 Å². The van der Waals surface area contributed by atoms with Crippen LogP contribution in [0.1, 0.15) is 27.0 Å². The molecule has 0 heterocycles. The largest absolute Gasteiger partial charge is 0.465 e. The van der Waals surface area contributed by atoms with Crippen molar-refractivity contribution in [3.05, 3.63) is 95.1 Å². The molecule has 0 saturated carbocycles. The maximum atomic E-state index is 11.6. The van der Waals surface area contributed by atoms with Crippen LogP contribution in [0, 0.1) is 0 Å². The average molecular weight is 312 g/mol. The van der Waals surface area contributed by atoms with Crippen LogP contribution in [0.3, 0.4) is 0 Å². The van der Waals surface area contributed by atoms with Gasteiger partial charge >= 0.3 is 5.97 Å². The van der Waals surface area contributed by atoms with Crippen LogP contribution in [0.2, 0.25) is 0 Å². The number of rotatable bonds is 2. The van der Waals surface area contributed by atoms with Crippen molar-refractivity contribution >= 4 is 17.6 Å². The molecule has 24 heavy (non-hydrogen) atoms.